The second-order valence-electron chi connectivity index (χ2n) is 7.73. The van der Waals surface area contributed by atoms with Crippen molar-refractivity contribution in [3.8, 4) is 0 Å². The van der Waals surface area contributed by atoms with Crippen molar-refractivity contribution in [2.24, 2.45) is 11.8 Å². The fraction of sp³-hybridized carbons (Fsp3) is 0.579. The maximum Gasteiger partial charge on any atom is 0.128 e. The number of aliphatic hydroxyl groups excluding tert-OH is 1. The lowest BCUT2D eigenvalue weighted by molar-refractivity contribution is 0.277. The molecule has 0 aromatic carbocycles. The van der Waals surface area contributed by atoms with Gasteiger partial charge in [0, 0.05) is 30.9 Å². The van der Waals surface area contributed by atoms with Crippen LogP contribution in [-0.4, -0.2) is 32.7 Å². The van der Waals surface area contributed by atoms with E-state index in [1.54, 1.807) is 0 Å². The molecule has 2 aromatic heterocycles. The van der Waals surface area contributed by atoms with Crippen molar-refractivity contribution in [3.63, 3.8) is 0 Å². The number of aryl methyl sites for hydroxylation is 1. The van der Waals surface area contributed by atoms with Gasteiger partial charge < -0.3 is 14.6 Å². The molecule has 5 nitrogen and oxygen atoms in total. The molecule has 0 bridgehead atoms. The molecule has 5 heteroatoms. The third kappa shape index (κ3) is 2.51. The number of piperidine rings is 1. The normalized spacial score (nSPS) is 25.2. The number of rotatable bonds is 5. The molecular formula is C19H24N4O. The van der Waals surface area contributed by atoms with Crippen molar-refractivity contribution in [1.82, 2.24) is 14.5 Å². The summed E-state index contributed by atoms with van der Waals surface area (Å²) in [6.07, 6.45) is 5.85. The van der Waals surface area contributed by atoms with E-state index in [2.05, 4.69) is 33.5 Å². The van der Waals surface area contributed by atoms with Crippen LogP contribution in [0, 0.1) is 18.8 Å². The van der Waals surface area contributed by atoms with Crippen LogP contribution in [0.5, 0.6) is 0 Å². The van der Waals surface area contributed by atoms with E-state index >= 15 is 0 Å². The predicted octanol–water partition coefficient (Wildman–Crippen LogP) is 2.46. The number of hydrogen-bond acceptors (Lipinski definition) is 4. The number of nitrogens with zero attached hydrogens (tertiary/aromatic N) is 4. The number of fused-ring (bicyclic) bond motifs is 1. The van der Waals surface area contributed by atoms with Crippen molar-refractivity contribution in [2.45, 2.75) is 45.3 Å². The smallest absolute Gasteiger partial charge is 0.128 e. The van der Waals surface area contributed by atoms with Crippen molar-refractivity contribution < 1.29 is 5.11 Å². The van der Waals surface area contributed by atoms with Gasteiger partial charge in [0.2, 0.25) is 0 Å². The van der Waals surface area contributed by atoms with Gasteiger partial charge in [0.05, 0.1) is 18.8 Å². The van der Waals surface area contributed by atoms with E-state index in [1.165, 1.54) is 37.9 Å². The van der Waals surface area contributed by atoms with E-state index < -0.39 is 0 Å². The zero-order chi connectivity index (χ0) is 16.3. The highest BCUT2D eigenvalue weighted by Crippen LogP contribution is 2.46. The minimum atomic E-state index is 0.0141. The Morgan fingerprint density at radius 2 is 1.96 bits per heavy atom. The maximum absolute atomic E-state index is 9.39. The molecule has 0 amide bonds. The van der Waals surface area contributed by atoms with Gasteiger partial charge in [-0.15, -0.1) is 0 Å². The Morgan fingerprint density at radius 1 is 1.17 bits per heavy atom. The maximum atomic E-state index is 9.39. The lowest BCUT2D eigenvalue weighted by Gasteiger charge is -2.20. The molecule has 1 saturated heterocycles. The summed E-state index contributed by atoms with van der Waals surface area (Å²) in [6, 6.07) is 4.39. The number of hydrogen-bond donors (Lipinski definition) is 1. The number of aliphatic hydroxyl groups is 1. The molecule has 2 aromatic rings. The lowest BCUT2D eigenvalue weighted by Crippen LogP contribution is -2.23. The lowest BCUT2D eigenvalue weighted by atomic mass is 10.2. The van der Waals surface area contributed by atoms with Crippen LogP contribution in [0.3, 0.4) is 0 Å². The van der Waals surface area contributed by atoms with Crippen LogP contribution >= 0.6 is 0 Å². The monoisotopic (exact) mass is 324 g/mol. The van der Waals surface area contributed by atoms with Crippen LogP contribution in [0.1, 0.15) is 48.0 Å². The quantitative estimate of drug-likeness (QED) is 0.918. The van der Waals surface area contributed by atoms with Crippen LogP contribution in [0.15, 0.2) is 18.3 Å². The first-order valence-electron chi connectivity index (χ1n) is 9.09. The third-order valence-electron chi connectivity index (χ3n) is 5.79. The van der Waals surface area contributed by atoms with Gasteiger partial charge in [-0.05, 0) is 49.7 Å². The Hall–Kier alpha value is -1.88. The van der Waals surface area contributed by atoms with Gasteiger partial charge >= 0.3 is 0 Å². The third-order valence-corrected chi connectivity index (χ3v) is 5.79. The van der Waals surface area contributed by atoms with Crippen LogP contribution in [0.4, 0.5) is 5.82 Å². The summed E-state index contributed by atoms with van der Waals surface area (Å²) >= 11 is 0. The molecule has 2 aliphatic carbocycles. The molecule has 3 fully saturated rings. The molecule has 2 saturated carbocycles. The SMILES string of the molecule is Cc1nc(N2CC3CC3C2)ccc1Cn1cc(CO)nc1C1CC1. The Balaban J connectivity index is 1.38. The summed E-state index contributed by atoms with van der Waals surface area (Å²) in [5.41, 5.74) is 3.12. The topological polar surface area (TPSA) is 54.2 Å². The Morgan fingerprint density at radius 3 is 2.62 bits per heavy atom. The van der Waals surface area contributed by atoms with Crippen LogP contribution in [-0.2, 0) is 13.2 Å². The molecule has 2 atom stereocenters. The first kappa shape index (κ1) is 14.5. The second kappa shape index (κ2) is 5.31. The standard InChI is InChI=1S/C19H24N4O/c1-12-14(4-5-18(20-12)22-8-15-6-16(15)9-22)7-23-10-17(11-24)21-19(23)13-2-3-13/h4-5,10,13,15-16,24H,2-3,6-9,11H2,1H3. The minimum absolute atomic E-state index is 0.0141. The van der Waals surface area contributed by atoms with Gasteiger partial charge in [-0.1, -0.05) is 6.07 Å². The predicted molar refractivity (Wildman–Crippen MR) is 92.0 cm³/mol. The average molecular weight is 324 g/mol. The summed E-state index contributed by atoms with van der Waals surface area (Å²) < 4.78 is 2.21. The highest BCUT2D eigenvalue weighted by atomic mass is 16.3. The second-order valence-corrected chi connectivity index (χ2v) is 7.73. The molecule has 1 N–H and O–H groups in total. The zero-order valence-electron chi connectivity index (χ0n) is 14.1. The molecule has 126 valence electrons. The van der Waals surface area contributed by atoms with Crippen LogP contribution < -0.4 is 4.90 Å². The summed E-state index contributed by atoms with van der Waals surface area (Å²) in [4.78, 5) is 11.9. The van der Waals surface area contributed by atoms with Gasteiger partial charge in [-0.25, -0.2) is 9.97 Å². The minimum Gasteiger partial charge on any atom is -0.390 e. The van der Waals surface area contributed by atoms with Crippen molar-refractivity contribution in [2.75, 3.05) is 18.0 Å². The summed E-state index contributed by atoms with van der Waals surface area (Å²) in [5, 5.41) is 9.39. The Kier molecular flexibility index (Phi) is 3.20. The fourth-order valence-electron chi connectivity index (χ4n) is 4.05. The van der Waals surface area contributed by atoms with Crippen LogP contribution in [0.25, 0.3) is 0 Å². The van der Waals surface area contributed by atoms with E-state index in [9.17, 15) is 5.11 Å². The van der Waals surface area contributed by atoms with Crippen molar-refractivity contribution in [3.05, 3.63) is 41.1 Å². The molecule has 3 aliphatic rings. The van der Waals surface area contributed by atoms with Gasteiger partial charge in [-0.3, -0.25) is 0 Å². The molecule has 0 radical (unpaired) electrons. The van der Waals surface area contributed by atoms with Crippen LogP contribution in [0.2, 0.25) is 0 Å². The van der Waals surface area contributed by atoms with Crippen molar-refractivity contribution >= 4 is 5.82 Å². The summed E-state index contributed by atoms with van der Waals surface area (Å²) in [6.45, 7) is 5.28. The fourth-order valence-corrected chi connectivity index (χ4v) is 4.05. The van der Waals surface area contributed by atoms with Gasteiger partial charge in [0.15, 0.2) is 0 Å². The van der Waals surface area contributed by atoms with Gasteiger partial charge in [0.25, 0.3) is 0 Å². The van der Waals surface area contributed by atoms with E-state index in [0.29, 0.717) is 5.92 Å². The highest BCUT2D eigenvalue weighted by molar-refractivity contribution is 5.44. The molecule has 2 unspecified atom stereocenters. The van der Waals surface area contributed by atoms with E-state index in [4.69, 9.17) is 4.98 Å². The average Bonchev–Trinajstić information content (AvgIpc) is 3.49. The Labute approximate surface area is 142 Å². The summed E-state index contributed by atoms with van der Waals surface area (Å²) in [7, 11) is 0. The largest absolute Gasteiger partial charge is 0.390 e. The highest BCUT2D eigenvalue weighted by Gasteiger charge is 2.45. The first-order valence-corrected chi connectivity index (χ1v) is 9.09. The molecule has 1 aliphatic heterocycles. The number of anilines is 1. The van der Waals surface area contributed by atoms with Crippen molar-refractivity contribution in [1.29, 1.82) is 0 Å². The molecule has 3 heterocycles. The van der Waals surface area contributed by atoms with E-state index in [0.717, 1.165) is 41.4 Å². The van der Waals surface area contributed by atoms with Gasteiger partial charge in [0.1, 0.15) is 11.6 Å². The van der Waals surface area contributed by atoms with Gasteiger partial charge in [-0.2, -0.15) is 0 Å². The summed E-state index contributed by atoms with van der Waals surface area (Å²) in [5.74, 6) is 4.69. The van der Waals surface area contributed by atoms with E-state index in [-0.39, 0.29) is 6.61 Å². The molecular weight excluding hydrogens is 300 g/mol. The molecule has 5 rings (SSSR count). The molecule has 24 heavy (non-hydrogen) atoms. The number of pyridine rings is 1. The molecule has 0 spiro atoms. The first-order chi connectivity index (χ1) is 11.7. The van der Waals surface area contributed by atoms with E-state index in [1.807, 2.05) is 6.20 Å². The number of imidazole rings is 1. The Bertz CT molecular complexity index is 770. The zero-order valence-corrected chi connectivity index (χ0v) is 14.1. The number of aromatic nitrogens is 3.